The van der Waals surface area contributed by atoms with Gasteiger partial charge in [-0.15, -0.1) is 16.8 Å². The number of rotatable bonds is 9. The predicted octanol–water partition coefficient (Wildman–Crippen LogP) is 3.68. The number of benzene rings is 1. The van der Waals surface area contributed by atoms with E-state index in [2.05, 4.69) is 22.1 Å². The molecule has 6 nitrogen and oxygen atoms in total. The Balaban J connectivity index is 1.65. The van der Waals surface area contributed by atoms with Gasteiger partial charge >= 0.3 is 0 Å². The highest BCUT2D eigenvalue weighted by atomic mass is 35.5. The third-order valence-corrected chi connectivity index (χ3v) is 5.72. The fourth-order valence-corrected chi connectivity index (χ4v) is 3.50. The topological polar surface area (TPSA) is 69.0 Å². The molecule has 0 atom stereocenters. The number of carbonyl (C=O) groups is 1. The van der Waals surface area contributed by atoms with Crippen LogP contribution in [0.5, 0.6) is 5.75 Å². The number of allylic oxidation sites excluding steroid dienone is 1. The van der Waals surface area contributed by atoms with Crippen molar-refractivity contribution in [3.63, 3.8) is 0 Å². The van der Waals surface area contributed by atoms with Gasteiger partial charge in [0.2, 0.25) is 5.91 Å². The van der Waals surface area contributed by atoms with Crippen LogP contribution in [0.25, 0.3) is 0 Å². The number of thioether (sulfide) groups is 1. The van der Waals surface area contributed by atoms with E-state index in [9.17, 15) is 4.79 Å². The van der Waals surface area contributed by atoms with Gasteiger partial charge in [0.15, 0.2) is 11.0 Å². The minimum Gasteiger partial charge on any atom is -0.486 e. The van der Waals surface area contributed by atoms with Crippen molar-refractivity contribution < 1.29 is 9.53 Å². The predicted molar refractivity (Wildman–Crippen MR) is 107 cm³/mol. The molecular formula is C19H23ClN4O2S. The van der Waals surface area contributed by atoms with Crippen molar-refractivity contribution in [1.29, 1.82) is 0 Å². The second-order valence-electron chi connectivity index (χ2n) is 6.59. The molecule has 3 rings (SSSR count). The fourth-order valence-electron chi connectivity index (χ4n) is 2.61. The minimum absolute atomic E-state index is 0.0283. The summed E-state index contributed by atoms with van der Waals surface area (Å²) >= 11 is 7.57. The number of aromatic nitrogens is 3. The van der Waals surface area contributed by atoms with Crippen LogP contribution in [0.3, 0.4) is 0 Å². The molecule has 1 aliphatic carbocycles. The zero-order chi connectivity index (χ0) is 19.4. The number of carbonyl (C=O) groups excluding carboxylic acids is 1. The molecule has 27 heavy (non-hydrogen) atoms. The van der Waals surface area contributed by atoms with E-state index in [0.717, 1.165) is 34.7 Å². The average molecular weight is 407 g/mol. The summed E-state index contributed by atoms with van der Waals surface area (Å²) in [6.07, 6.45) is 3.93. The molecule has 1 heterocycles. The first kappa shape index (κ1) is 19.8. The first-order valence-corrected chi connectivity index (χ1v) is 10.2. The molecule has 0 radical (unpaired) electrons. The Kier molecular flexibility index (Phi) is 6.44. The Hall–Kier alpha value is -1.99. The van der Waals surface area contributed by atoms with Crippen molar-refractivity contribution in [3.05, 3.63) is 46.8 Å². The van der Waals surface area contributed by atoms with E-state index in [1.54, 1.807) is 6.08 Å². The number of ether oxygens (including phenoxy) is 1. The lowest BCUT2D eigenvalue weighted by Gasteiger charge is -2.11. The monoisotopic (exact) mass is 406 g/mol. The Labute approximate surface area is 168 Å². The van der Waals surface area contributed by atoms with Gasteiger partial charge in [-0.2, -0.15) is 0 Å². The Morgan fingerprint density at radius 3 is 2.74 bits per heavy atom. The molecule has 1 N–H and O–H groups in total. The maximum Gasteiger partial charge on any atom is 0.230 e. The van der Waals surface area contributed by atoms with Gasteiger partial charge in [0.25, 0.3) is 0 Å². The third-order valence-electron chi connectivity index (χ3n) is 4.16. The molecule has 0 unspecified atom stereocenters. The van der Waals surface area contributed by atoms with E-state index in [1.807, 2.05) is 30.5 Å². The van der Waals surface area contributed by atoms with Crippen molar-refractivity contribution in [1.82, 2.24) is 20.1 Å². The Morgan fingerprint density at radius 1 is 1.41 bits per heavy atom. The molecule has 1 aromatic carbocycles. The van der Waals surface area contributed by atoms with Crippen LogP contribution in [0.1, 0.15) is 29.8 Å². The van der Waals surface area contributed by atoms with Crippen molar-refractivity contribution in [3.8, 4) is 5.75 Å². The molecular weight excluding hydrogens is 384 g/mol. The van der Waals surface area contributed by atoms with Crippen molar-refractivity contribution >= 4 is 29.3 Å². The summed E-state index contributed by atoms with van der Waals surface area (Å²) in [6.45, 7) is 8.51. The van der Waals surface area contributed by atoms with Gasteiger partial charge in [-0.05, 0) is 49.9 Å². The van der Waals surface area contributed by atoms with E-state index in [4.69, 9.17) is 16.3 Å². The van der Waals surface area contributed by atoms with Crippen LogP contribution < -0.4 is 10.1 Å². The van der Waals surface area contributed by atoms with E-state index < -0.39 is 0 Å². The molecule has 1 amide bonds. The molecule has 8 heteroatoms. The summed E-state index contributed by atoms with van der Waals surface area (Å²) in [5.41, 5.74) is 1.94. The number of halogens is 1. The molecule has 1 aliphatic rings. The van der Waals surface area contributed by atoms with Crippen LogP contribution >= 0.6 is 23.4 Å². The number of aryl methyl sites for hydroxylation is 2. The van der Waals surface area contributed by atoms with Crippen molar-refractivity contribution in [2.45, 2.75) is 51.0 Å². The molecule has 0 aliphatic heterocycles. The average Bonchev–Trinajstić information content (AvgIpc) is 3.36. The van der Waals surface area contributed by atoms with E-state index >= 15 is 0 Å². The van der Waals surface area contributed by atoms with Crippen LogP contribution in [-0.4, -0.2) is 32.5 Å². The van der Waals surface area contributed by atoms with Crippen LogP contribution in [0, 0.1) is 13.8 Å². The molecule has 1 fully saturated rings. The highest BCUT2D eigenvalue weighted by Gasteiger charge is 2.23. The molecule has 0 spiro atoms. The number of hydrogen-bond donors (Lipinski definition) is 1. The second kappa shape index (κ2) is 8.80. The summed E-state index contributed by atoms with van der Waals surface area (Å²) in [5.74, 6) is 1.77. The minimum atomic E-state index is 0.0283. The zero-order valence-electron chi connectivity index (χ0n) is 15.5. The van der Waals surface area contributed by atoms with E-state index in [1.165, 1.54) is 11.8 Å². The van der Waals surface area contributed by atoms with Crippen LogP contribution in [0.15, 0.2) is 29.9 Å². The molecule has 0 bridgehead atoms. The maximum atomic E-state index is 11.9. The van der Waals surface area contributed by atoms with E-state index in [-0.39, 0.29) is 12.5 Å². The van der Waals surface area contributed by atoms with Gasteiger partial charge in [-0.1, -0.05) is 29.4 Å². The van der Waals surface area contributed by atoms with Crippen molar-refractivity contribution in [2.24, 2.45) is 0 Å². The fraction of sp³-hybridized carbons (Fsp3) is 0.421. The number of nitrogens with one attached hydrogen (secondary N) is 1. The lowest BCUT2D eigenvalue weighted by molar-refractivity contribution is -0.118. The van der Waals surface area contributed by atoms with Crippen LogP contribution in [-0.2, 0) is 17.9 Å². The molecule has 1 aromatic heterocycles. The molecule has 1 saturated carbocycles. The van der Waals surface area contributed by atoms with Gasteiger partial charge in [0.1, 0.15) is 12.4 Å². The summed E-state index contributed by atoms with van der Waals surface area (Å²) in [6, 6.07) is 4.17. The second-order valence-corrected chi connectivity index (χ2v) is 7.91. The largest absolute Gasteiger partial charge is 0.486 e. The van der Waals surface area contributed by atoms with Gasteiger partial charge in [-0.3, -0.25) is 9.36 Å². The van der Waals surface area contributed by atoms with E-state index in [0.29, 0.717) is 29.3 Å². The zero-order valence-corrected chi connectivity index (χ0v) is 17.1. The highest BCUT2D eigenvalue weighted by molar-refractivity contribution is 7.99. The van der Waals surface area contributed by atoms with Crippen LogP contribution in [0.2, 0.25) is 5.02 Å². The number of nitrogens with zero attached hydrogens (tertiary/aromatic N) is 3. The van der Waals surface area contributed by atoms with Gasteiger partial charge in [0.05, 0.1) is 5.75 Å². The number of hydrogen-bond acceptors (Lipinski definition) is 5. The Bertz CT molecular complexity index is 825. The highest BCUT2D eigenvalue weighted by Crippen LogP contribution is 2.27. The summed E-state index contributed by atoms with van der Waals surface area (Å²) in [7, 11) is 0. The molecule has 144 valence electrons. The van der Waals surface area contributed by atoms with Gasteiger partial charge < -0.3 is 10.1 Å². The summed E-state index contributed by atoms with van der Waals surface area (Å²) < 4.78 is 7.81. The van der Waals surface area contributed by atoms with Gasteiger partial charge in [0, 0.05) is 17.6 Å². The van der Waals surface area contributed by atoms with Gasteiger partial charge in [-0.25, -0.2) is 0 Å². The smallest absolute Gasteiger partial charge is 0.230 e. The third kappa shape index (κ3) is 5.26. The standard InChI is InChI=1S/C19H23ClN4O2S/c1-4-7-24-16(10-26-15-8-12(2)18(20)13(3)9-15)22-23-19(24)27-11-17(25)21-14-5-6-14/h4,8-9,14H,1,5-7,10-11H2,2-3H3,(H,21,25). The normalized spacial score (nSPS) is 13.4. The first-order chi connectivity index (χ1) is 13.0. The molecule has 0 saturated heterocycles. The first-order valence-electron chi connectivity index (χ1n) is 8.82. The van der Waals surface area contributed by atoms with Crippen LogP contribution in [0.4, 0.5) is 0 Å². The summed E-state index contributed by atoms with van der Waals surface area (Å²) in [4.78, 5) is 11.9. The lowest BCUT2D eigenvalue weighted by Crippen LogP contribution is -2.27. The lowest BCUT2D eigenvalue weighted by atomic mass is 10.1. The summed E-state index contributed by atoms with van der Waals surface area (Å²) in [5, 5.41) is 12.8. The maximum absolute atomic E-state index is 11.9. The Morgan fingerprint density at radius 2 is 2.11 bits per heavy atom. The molecule has 2 aromatic rings. The SMILES string of the molecule is C=CCn1c(COc2cc(C)c(Cl)c(C)c2)nnc1SCC(=O)NC1CC1. The van der Waals surface area contributed by atoms with Crippen molar-refractivity contribution in [2.75, 3.05) is 5.75 Å². The quantitative estimate of drug-likeness (QED) is 0.508. The number of amides is 1.